The lowest BCUT2D eigenvalue weighted by Gasteiger charge is -2.14. The van der Waals surface area contributed by atoms with Gasteiger partial charge in [-0.05, 0) is 30.3 Å². The Morgan fingerprint density at radius 1 is 0.947 bits per heavy atom. The van der Waals surface area contributed by atoms with E-state index in [2.05, 4.69) is 0 Å². The first-order valence-corrected chi connectivity index (χ1v) is 6.00. The smallest absolute Gasteiger partial charge is 0.266 e. The Balaban J connectivity index is 2.16. The number of nitrogen functional groups attached to an aromatic ring is 1. The van der Waals surface area contributed by atoms with E-state index in [0.717, 1.165) is 4.90 Å². The van der Waals surface area contributed by atoms with Gasteiger partial charge < -0.3 is 5.73 Å². The highest BCUT2D eigenvalue weighted by atomic mass is 35.5. The molecular weight excluding hydrogens is 264 g/mol. The van der Waals surface area contributed by atoms with Crippen molar-refractivity contribution in [1.82, 2.24) is 0 Å². The number of para-hydroxylation sites is 1. The van der Waals surface area contributed by atoms with Crippen LogP contribution in [0.2, 0.25) is 5.02 Å². The molecule has 0 unspecified atom stereocenters. The summed E-state index contributed by atoms with van der Waals surface area (Å²) in [5, 5.41) is 0.352. The largest absolute Gasteiger partial charge is 0.399 e. The minimum Gasteiger partial charge on any atom is -0.399 e. The number of rotatable bonds is 1. The summed E-state index contributed by atoms with van der Waals surface area (Å²) in [4.78, 5) is 25.7. The third kappa shape index (κ3) is 1.69. The fourth-order valence-corrected chi connectivity index (χ4v) is 2.33. The van der Waals surface area contributed by atoms with Gasteiger partial charge in [-0.25, -0.2) is 4.90 Å². The first-order valence-electron chi connectivity index (χ1n) is 5.62. The maximum Gasteiger partial charge on any atom is 0.266 e. The molecule has 0 aliphatic carbocycles. The van der Waals surface area contributed by atoms with E-state index in [1.54, 1.807) is 36.4 Å². The summed E-state index contributed by atoms with van der Waals surface area (Å²) in [7, 11) is 0. The molecule has 4 nitrogen and oxygen atoms in total. The van der Waals surface area contributed by atoms with Crippen LogP contribution >= 0.6 is 11.6 Å². The van der Waals surface area contributed by atoms with Gasteiger partial charge in [-0.15, -0.1) is 0 Å². The van der Waals surface area contributed by atoms with E-state index in [1.165, 1.54) is 6.07 Å². The van der Waals surface area contributed by atoms with Gasteiger partial charge in [-0.1, -0.05) is 23.7 Å². The first kappa shape index (κ1) is 11.7. The zero-order valence-electron chi connectivity index (χ0n) is 9.76. The Bertz CT molecular complexity index is 712. The zero-order valence-corrected chi connectivity index (χ0v) is 10.5. The maximum absolute atomic E-state index is 12.3. The van der Waals surface area contributed by atoms with Crippen molar-refractivity contribution in [2.75, 3.05) is 10.6 Å². The summed E-state index contributed by atoms with van der Waals surface area (Å²) in [6.07, 6.45) is 0. The van der Waals surface area contributed by atoms with Crippen LogP contribution in [-0.2, 0) is 0 Å². The lowest BCUT2D eigenvalue weighted by molar-refractivity contribution is 0.0926. The second kappa shape index (κ2) is 4.10. The molecule has 0 saturated heterocycles. The van der Waals surface area contributed by atoms with Crippen LogP contribution in [0.15, 0.2) is 42.5 Å². The number of benzene rings is 2. The van der Waals surface area contributed by atoms with E-state index < -0.39 is 5.91 Å². The standard InChI is InChI=1S/C14H9ClN2O2/c15-11-3-1-2-4-12(11)17-13(18)9-6-5-8(16)7-10(9)14(17)19/h1-7H,16H2. The number of hydrogen-bond donors (Lipinski definition) is 1. The van der Waals surface area contributed by atoms with Gasteiger partial charge in [0.05, 0.1) is 21.8 Å². The van der Waals surface area contributed by atoms with Crippen molar-refractivity contribution in [1.29, 1.82) is 0 Å². The molecule has 2 aromatic carbocycles. The molecule has 2 aromatic rings. The summed E-state index contributed by atoms with van der Waals surface area (Å²) in [6, 6.07) is 11.4. The predicted molar refractivity (Wildman–Crippen MR) is 73.4 cm³/mol. The molecule has 1 aliphatic rings. The fourth-order valence-electron chi connectivity index (χ4n) is 2.11. The Kier molecular flexibility index (Phi) is 2.54. The summed E-state index contributed by atoms with van der Waals surface area (Å²) in [5.41, 5.74) is 7.13. The number of fused-ring (bicyclic) bond motifs is 1. The normalized spacial score (nSPS) is 13.8. The highest BCUT2D eigenvalue weighted by molar-refractivity contribution is 6.39. The number of hydrogen-bond acceptors (Lipinski definition) is 3. The van der Waals surface area contributed by atoms with Crippen LogP contribution in [0.1, 0.15) is 20.7 Å². The molecule has 0 saturated carbocycles. The lowest BCUT2D eigenvalue weighted by atomic mass is 10.1. The van der Waals surface area contributed by atoms with Crippen LogP contribution in [0.25, 0.3) is 0 Å². The quantitative estimate of drug-likeness (QED) is 0.641. The minimum absolute atomic E-state index is 0.310. The average molecular weight is 273 g/mol. The van der Waals surface area contributed by atoms with Gasteiger partial charge in [0, 0.05) is 5.69 Å². The number of amides is 2. The van der Waals surface area contributed by atoms with Gasteiger partial charge in [0.1, 0.15) is 0 Å². The van der Waals surface area contributed by atoms with E-state index >= 15 is 0 Å². The summed E-state index contributed by atoms with van der Waals surface area (Å²) >= 11 is 6.04. The molecule has 19 heavy (non-hydrogen) atoms. The molecule has 94 valence electrons. The lowest BCUT2D eigenvalue weighted by Crippen LogP contribution is -2.29. The fraction of sp³-hybridized carbons (Fsp3) is 0. The molecule has 0 radical (unpaired) electrons. The molecule has 3 rings (SSSR count). The van der Waals surface area contributed by atoms with Crippen molar-refractivity contribution in [3.63, 3.8) is 0 Å². The van der Waals surface area contributed by atoms with Gasteiger partial charge in [-0.3, -0.25) is 9.59 Å². The molecule has 0 fully saturated rings. The number of anilines is 2. The van der Waals surface area contributed by atoms with Crippen LogP contribution in [0.5, 0.6) is 0 Å². The van der Waals surface area contributed by atoms with Gasteiger partial charge in [0.2, 0.25) is 0 Å². The third-order valence-electron chi connectivity index (χ3n) is 3.00. The molecule has 2 amide bonds. The third-order valence-corrected chi connectivity index (χ3v) is 3.32. The minimum atomic E-state index is -0.402. The summed E-state index contributed by atoms with van der Waals surface area (Å²) < 4.78 is 0. The van der Waals surface area contributed by atoms with Gasteiger partial charge >= 0.3 is 0 Å². The topological polar surface area (TPSA) is 63.4 Å². The van der Waals surface area contributed by atoms with Gasteiger partial charge in [-0.2, -0.15) is 0 Å². The highest BCUT2D eigenvalue weighted by Gasteiger charge is 2.37. The molecule has 0 bridgehead atoms. The Labute approximate surface area is 114 Å². The van der Waals surface area contributed by atoms with Crippen LogP contribution in [0, 0.1) is 0 Å². The zero-order chi connectivity index (χ0) is 13.6. The summed E-state index contributed by atoms with van der Waals surface area (Å²) in [5.74, 6) is -0.784. The van der Waals surface area contributed by atoms with Crippen LogP contribution < -0.4 is 10.6 Å². The molecule has 0 spiro atoms. The van der Waals surface area contributed by atoms with E-state index in [-0.39, 0.29) is 5.91 Å². The molecule has 2 N–H and O–H groups in total. The molecule has 0 atom stereocenters. The number of nitrogens with two attached hydrogens (primary N) is 1. The molecular formula is C14H9ClN2O2. The van der Waals surface area contributed by atoms with Crippen molar-refractivity contribution >= 4 is 34.8 Å². The Morgan fingerprint density at radius 3 is 2.37 bits per heavy atom. The highest BCUT2D eigenvalue weighted by Crippen LogP contribution is 2.33. The van der Waals surface area contributed by atoms with Crippen molar-refractivity contribution < 1.29 is 9.59 Å². The van der Waals surface area contributed by atoms with Gasteiger partial charge in [0.25, 0.3) is 11.8 Å². The Morgan fingerprint density at radius 2 is 1.63 bits per heavy atom. The Hall–Kier alpha value is -2.33. The SMILES string of the molecule is Nc1ccc2c(c1)C(=O)N(c1ccccc1Cl)C2=O. The van der Waals surface area contributed by atoms with Crippen LogP contribution in [-0.4, -0.2) is 11.8 Å². The number of halogens is 1. The molecule has 1 heterocycles. The second-order valence-corrected chi connectivity index (χ2v) is 4.61. The van der Waals surface area contributed by atoms with E-state index in [1.807, 2.05) is 0 Å². The van der Waals surface area contributed by atoms with Crippen molar-refractivity contribution in [3.05, 3.63) is 58.6 Å². The first-order chi connectivity index (χ1) is 9.09. The average Bonchev–Trinajstić information content (AvgIpc) is 2.63. The molecule has 0 aromatic heterocycles. The monoisotopic (exact) mass is 272 g/mol. The van der Waals surface area contributed by atoms with Crippen molar-refractivity contribution in [2.45, 2.75) is 0 Å². The van der Waals surface area contributed by atoms with Crippen LogP contribution in [0.4, 0.5) is 11.4 Å². The molecule has 5 heteroatoms. The predicted octanol–water partition coefficient (Wildman–Crippen LogP) is 2.72. The van der Waals surface area contributed by atoms with Crippen LogP contribution in [0.3, 0.4) is 0 Å². The summed E-state index contributed by atoms with van der Waals surface area (Å²) in [6.45, 7) is 0. The van der Waals surface area contributed by atoms with Crippen molar-refractivity contribution in [2.24, 2.45) is 0 Å². The van der Waals surface area contributed by atoms with E-state index in [0.29, 0.717) is 27.5 Å². The number of carbonyl (C=O) groups is 2. The number of nitrogens with zero attached hydrogens (tertiary/aromatic N) is 1. The van der Waals surface area contributed by atoms with E-state index in [9.17, 15) is 9.59 Å². The molecule has 1 aliphatic heterocycles. The number of carbonyl (C=O) groups excluding carboxylic acids is 2. The van der Waals surface area contributed by atoms with E-state index in [4.69, 9.17) is 17.3 Å². The second-order valence-electron chi connectivity index (χ2n) is 4.20. The maximum atomic E-state index is 12.3. The van der Waals surface area contributed by atoms with Gasteiger partial charge in [0.15, 0.2) is 0 Å². The number of imide groups is 1. The van der Waals surface area contributed by atoms with Crippen molar-refractivity contribution in [3.8, 4) is 0 Å².